The lowest BCUT2D eigenvalue weighted by molar-refractivity contribution is 0.0657. The topological polar surface area (TPSA) is 87.2 Å². The fourth-order valence-corrected chi connectivity index (χ4v) is 2.67. The molecule has 0 atom stereocenters. The van der Waals surface area contributed by atoms with E-state index < -0.39 is 0 Å². The van der Waals surface area contributed by atoms with E-state index in [-0.39, 0.29) is 18.4 Å². The van der Waals surface area contributed by atoms with Crippen molar-refractivity contribution in [3.8, 4) is 0 Å². The van der Waals surface area contributed by atoms with Crippen LogP contribution in [0.15, 0.2) is 41.3 Å². The number of nitrogens with one attached hydrogen (secondary N) is 2. The highest BCUT2D eigenvalue weighted by atomic mass is 79.9. The van der Waals surface area contributed by atoms with Crippen LogP contribution in [0.2, 0.25) is 0 Å². The lowest BCUT2D eigenvalue weighted by atomic mass is 10.2. The molecular formula is C15H12BrN5O2S. The predicted octanol–water partition coefficient (Wildman–Crippen LogP) is 1.82. The summed E-state index contributed by atoms with van der Waals surface area (Å²) in [5.74, 6) is -0.0477. The Morgan fingerprint density at radius 3 is 2.67 bits per heavy atom. The van der Waals surface area contributed by atoms with Gasteiger partial charge in [-0.3, -0.25) is 19.5 Å². The average molecular weight is 406 g/mol. The maximum Gasteiger partial charge on any atom is 0.263 e. The van der Waals surface area contributed by atoms with Crippen molar-refractivity contribution in [2.45, 2.75) is 0 Å². The first-order valence-electron chi connectivity index (χ1n) is 7.03. The minimum absolute atomic E-state index is 0.210. The Balaban J connectivity index is 1.52. The van der Waals surface area contributed by atoms with Gasteiger partial charge in [0.25, 0.3) is 11.8 Å². The average Bonchev–Trinajstić information content (AvgIpc) is 2.82. The molecule has 3 heterocycles. The first-order chi connectivity index (χ1) is 11.6. The van der Waals surface area contributed by atoms with E-state index in [9.17, 15) is 9.59 Å². The highest BCUT2D eigenvalue weighted by molar-refractivity contribution is 9.10. The highest BCUT2D eigenvalue weighted by Crippen LogP contribution is 2.20. The Bertz CT molecular complexity index is 777. The molecule has 2 N–H and O–H groups in total. The van der Waals surface area contributed by atoms with Gasteiger partial charge in [-0.2, -0.15) is 0 Å². The number of nitrogens with zero attached hydrogens (tertiary/aromatic N) is 3. The summed E-state index contributed by atoms with van der Waals surface area (Å²) < 4.78 is 0.868. The molecule has 0 bridgehead atoms. The summed E-state index contributed by atoms with van der Waals surface area (Å²) in [6.45, 7) is 0.545. The van der Waals surface area contributed by atoms with Gasteiger partial charge in [0.1, 0.15) is 5.82 Å². The number of thiocarbonyl (C=S) groups is 1. The number of fused-ring (bicyclic) bond motifs is 1. The van der Waals surface area contributed by atoms with Crippen LogP contribution in [-0.2, 0) is 0 Å². The van der Waals surface area contributed by atoms with Crippen LogP contribution < -0.4 is 10.6 Å². The Labute approximate surface area is 151 Å². The van der Waals surface area contributed by atoms with Crippen LogP contribution in [0.4, 0.5) is 5.82 Å². The van der Waals surface area contributed by atoms with E-state index >= 15 is 0 Å². The Hall–Kier alpha value is -2.39. The Morgan fingerprint density at radius 1 is 1.17 bits per heavy atom. The third-order valence-corrected chi connectivity index (χ3v) is 4.08. The van der Waals surface area contributed by atoms with Crippen molar-refractivity contribution in [1.82, 2.24) is 20.2 Å². The van der Waals surface area contributed by atoms with E-state index in [0.717, 1.165) is 4.47 Å². The Kier molecular flexibility index (Phi) is 4.81. The van der Waals surface area contributed by atoms with Crippen LogP contribution in [0.5, 0.6) is 0 Å². The van der Waals surface area contributed by atoms with Crippen molar-refractivity contribution in [2.75, 3.05) is 18.4 Å². The number of pyridine rings is 2. The zero-order chi connectivity index (χ0) is 17.1. The molecule has 0 aliphatic carbocycles. The summed E-state index contributed by atoms with van der Waals surface area (Å²) in [6.07, 6.45) is 4.56. The van der Waals surface area contributed by atoms with Crippen LogP contribution in [0.3, 0.4) is 0 Å². The maximum absolute atomic E-state index is 12.2. The molecule has 2 aromatic rings. The number of halogens is 1. The van der Waals surface area contributed by atoms with Gasteiger partial charge >= 0.3 is 0 Å². The molecule has 0 saturated heterocycles. The summed E-state index contributed by atoms with van der Waals surface area (Å²) in [7, 11) is 0. The lowest BCUT2D eigenvalue weighted by Crippen LogP contribution is -2.39. The second-order valence-electron chi connectivity index (χ2n) is 4.93. The van der Waals surface area contributed by atoms with Gasteiger partial charge in [0.15, 0.2) is 5.11 Å². The molecule has 2 amide bonds. The van der Waals surface area contributed by atoms with Gasteiger partial charge in [-0.1, -0.05) is 0 Å². The molecule has 1 aliphatic heterocycles. The molecule has 1 aliphatic rings. The van der Waals surface area contributed by atoms with Gasteiger partial charge in [0.05, 0.1) is 11.1 Å². The van der Waals surface area contributed by atoms with Gasteiger partial charge in [-0.25, -0.2) is 4.98 Å². The molecule has 2 aromatic heterocycles. The molecule has 122 valence electrons. The number of imide groups is 1. The van der Waals surface area contributed by atoms with Gasteiger partial charge in [-0.05, 0) is 46.3 Å². The van der Waals surface area contributed by atoms with Crippen molar-refractivity contribution in [1.29, 1.82) is 0 Å². The van der Waals surface area contributed by atoms with Crippen molar-refractivity contribution < 1.29 is 9.59 Å². The van der Waals surface area contributed by atoms with Crippen LogP contribution >= 0.6 is 28.1 Å². The monoisotopic (exact) mass is 405 g/mol. The number of aromatic nitrogens is 2. The fourth-order valence-electron chi connectivity index (χ4n) is 2.23. The van der Waals surface area contributed by atoms with Crippen molar-refractivity contribution in [3.63, 3.8) is 0 Å². The van der Waals surface area contributed by atoms with Gasteiger partial charge < -0.3 is 10.6 Å². The van der Waals surface area contributed by atoms with Gasteiger partial charge in [0, 0.05) is 36.2 Å². The van der Waals surface area contributed by atoms with Gasteiger partial charge in [0.2, 0.25) is 0 Å². The smallest absolute Gasteiger partial charge is 0.263 e. The molecule has 7 nitrogen and oxygen atoms in total. The lowest BCUT2D eigenvalue weighted by Gasteiger charge is -2.15. The van der Waals surface area contributed by atoms with Crippen molar-refractivity contribution in [3.05, 3.63) is 52.4 Å². The van der Waals surface area contributed by atoms with Crippen LogP contribution in [0, 0.1) is 0 Å². The van der Waals surface area contributed by atoms with Crippen molar-refractivity contribution >= 4 is 50.9 Å². The number of hydrogen-bond acceptors (Lipinski definition) is 5. The standard InChI is InChI=1S/C15H12BrN5O2S/c16-9-1-2-12(19-7-9)20-15(24)18-5-6-21-13(22)10-3-4-17-8-11(10)14(21)23/h1-4,7-8H,5-6H2,(H2,18,19,20,24). The summed E-state index contributed by atoms with van der Waals surface area (Å²) in [5, 5.41) is 6.24. The third-order valence-electron chi connectivity index (χ3n) is 3.36. The molecule has 3 rings (SSSR count). The normalized spacial score (nSPS) is 13.0. The molecule has 0 aromatic carbocycles. The molecule has 0 saturated carbocycles. The largest absolute Gasteiger partial charge is 0.361 e. The summed E-state index contributed by atoms with van der Waals surface area (Å²) in [6, 6.07) is 5.16. The summed E-state index contributed by atoms with van der Waals surface area (Å²) in [5.41, 5.74) is 0.719. The van der Waals surface area contributed by atoms with E-state index in [1.807, 2.05) is 6.07 Å². The van der Waals surface area contributed by atoms with Crippen molar-refractivity contribution in [2.24, 2.45) is 0 Å². The first kappa shape index (κ1) is 16.5. The molecular weight excluding hydrogens is 394 g/mol. The van der Waals surface area contributed by atoms with E-state index in [0.29, 0.717) is 28.6 Å². The molecule has 0 fully saturated rings. The quantitative estimate of drug-likeness (QED) is 0.592. The first-order valence-corrected chi connectivity index (χ1v) is 8.23. The minimum Gasteiger partial charge on any atom is -0.361 e. The SMILES string of the molecule is O=C1c2ccncc2C(=O)N1CCNC(=S)Nc1ccc(Br)cn1. The van der Waals surface area contributed by atoms with Crippen LogP contribution in [-0.4, -0.2) is 44.9 Å². The molecule has 0 spiro atoms. The van der Waals surface area contributed by atoms with E-state index in [1.165, 1.54) is 17.3 Å². The molecule has 24 heavy (non-hydrogen) atoms. The van der Waals surface area contributed by atoms with E-state index in [4.69, 9.17) is 12.2 Å². The zero-order valence-electron chi connectivity index (χ0n) is 12.3. The van der Waals surface area contributed by atoms with Gasteiger partial charge in [-0.15, -0.1) is 0 Å². The third kappa shape index (κ3) is 3.41. The second kappa shape index (κ2) is 7.02. The van der Waals surface area contributed by atoms with Crippen LogP contribution in [0.25, 0.3) is 0 Å². The number of anilines is 1. The molecule has 0 radical (unpaired) electrons. The number of carbonyl (C=O) groups is 2. The number of rotatable bonds is 4. The minimum atomic E-state index is -0.335. The number of amides is 2. The highest BCUT2D eigenvalue weighted by Gasteiger charge is 2.35. The summed E-state index contributed by atoms with van der Waals surface area (Å²) >= 11 is 8.47. The fraction of sp³-hybridized carbons (Fsp3) is 0.133. The number of hydrogen-bond donors (Lipinski definition) is 2. The zero-order valence-corrected chi connectivity index (χ0v) is 14.7. The van der Waals surface area contributed by atoms with E-state index in [2.05, 4.69) is 36.5 Å². The molecule has 9 heteroatoms. The van der Waals surface area contributed by atoms with Crippen LogP contribution in [0.1, 0.15) is 20.7 Å². The maximum atomic E-state index is 12.2. The number of carbonyl (C=O) groups excluding carboxylic acids is 2. The summed E-state index contributed by atoms with van der Waals surface area (Å²) in [4.78, 5) is 33.6. The molecule has 0 unspecified atom stereocenters. The predicted molar refractivity (Wildman–Crippen MR) is 95.8 cm³/mol. The second-order valence-corrected chi connectivity index (χ2v) is 6.25. The Morgan fingerprint density at radius 2 is 1.96 bits per heavy atom. The van der Waals surface area contributed by atoms with E-state index in [1.54, 1.807) is 18.3 Å².